The van der Waals surface area contributed by atoms with Crippen molar-refractivity contribution < 1.29 is 9.90 Å². The van der Waals surface area contributed by atoms with Gasteiger partial charge in [-0.15, -0.1) is 0 Å². The first-order valence-electron chi connectivity index (χ1n) is 7.30. The quantitative estimate of drug-likeness (QED) is 0.751. The van der Waals surface area contributed by atoms with Crippen LogP contribution in [0.3, 0.4) is 0 Å². The standard InChI is InChI=1S/C16H18N4O2/c17-16(8-1-2-9-16)15-18-14(19-20-15)12-5-3-4-11(10-12)6-7-13(21)22/h3-7,10H,1-2,8-9,17H2,(H,21,22)(H,18,19,20). The minimum absolute atomic E-state index is 0.397. The molecule has 0 unspecified atom stereocenters. The van der Waals surface area contributed by atoms with Crippen molar-refractivity contribution in [1.82, 2.24) is 15.2 Å². The van der Waals surface area contributed by atoms with Crippen molar-refractivity contribution in [2.75, 3.05) is 0 Å². The third kappa shape index (κ3) is 2.92. The molecular weight excluding hydrogens is 280 g/mol. The highest BCUT2D eigenvalue weighted by Gasteiger charge is 2.34. The molecule has 0 radical (unpaired) electrons. The van der Waals surface area contributed by atoms with Crippen LogP contribution in [-0.2, 0) is 10.3 Å². The molecule has 3 rings (SSSR count). The Balaban J connectivity index is 1.87. The Morgan fingerprint density at radius 1 is 1.36 bits per heavy atom. The van der Waals surface area contributed by atoms with Gasteiger partial charge in [0.2, 0.25) is 0 Å². The molecule has 1 aliphatic rings. The zero-order valence-electron chi connectivity index (χ0n) is 12.1. The van der Waals surface area contributed by atoms with Crippen LogP contribution in [0.15, 0.2) is 30.3 Å². The van der Waals surface area contributed by atoms with E-state index in [0.717, 1.165) is 48.7 Å². The minimum Gasteiger partial charge on any atom is -0.478 e. The highest BCUT2D eigenvalue weighted by molar-refractivity contribution is 5.85. The molecule has 1 fully saturated rings. The lowest BCUT2D eigenvalue weighted by Crippen LogP contribution is -2.34. The summed E-state index contributed by atoms with van der Waals surface area (Å²) in [5.74, 6) is 0.334. The Kier molecular flexibility index (Phi) is 3.77. The number of nitrogens with one attached hydrogen (secondary N) is 1. The summed E-state index contributed by atoms with van der Waals surface area (Å²) >= 11 is 0. The molecule has 1 aliphatic carbocycles. The second-order valence-corrected chi connectivity index (χ2v) is 5.67. The third-order valence-electron chi connectivity index (χ3n) is 4.02. The van der Waals surface area contributed by atoms with E-state index in [1.165, 1.54) is 0 Å². The molecule has 6 nitrogen and oxygen atoms in total. The van der Waals surface area contributed by atoms with Gasteiger partial charge in [-0.25, -0.2) is 9.78 Å². The summed E-state index contributed by atoms with van der Waals surface area (Å²) in [5, 5.41) is 15.9. The lowest BCUT2D eigenvalue weighted by atomic mass is 9.98. The van der Waals surface area contributed by atoms with Crippen molar-refractivity contribution in [3.05, 3.63) is 41.7 Å². The Morgan fingerprint density at radius 2 is 2.14 bits per heavy atom. The number of nitrogens with zero attached hydrogens (tertiary/aromatic N) is 2. The third-order valence-corrected chi connectivity index (χ3v) is 4.02. The number of H-pyrrole nitrogens is 1. The largest absolute Gasteiger partial charge is 0.478 e. The van der Waals surface area contributed by atoms with Gasteiger partial charge in [-0.3, -0.25) is 5.10 Å². The lowest BCUT2D eigenvalue weighted by Gasteiger charge is -2.19. The number of aromatic amines is 1. The fourth-order valence-corrected chi connectivity index (χ4v) is 2.81. The van der Waals surface area contributed by atoms with Crippen molar-refractivity contribution in [2.45, 2.75) is 31.2 Å². The van der Waals surface area contributed by atoms with Gasteiger partial charge < -0.3 is 10.8 Å². The number of aromatic nitrogens is 3. The molecule has 0 atom stereocenters. The van der Waals surface area contributed by atoms with E-state index >= 15 is 0 Å². The zero-order valence-corrected chi connectivity index (χ0v) is 12.1. The highest BCUT2D eigenvalue weighted by atomic mass is 16.4. The van der Waals surface area contributed by atoms with Gasteiger partial charge in [-0.2, -0.15) is 5.10 Å². The second-order valence-electron chi connectivity index (χ2n) is 5.67. The summed E-state index contributed by atoms with van der Waals surface area (Å²) in [6.07, 6.45) is 6.72. The topological polar surface area (TPSA) is 105 Å². The van der Waals surface area contributed by atoms with E-state index in [2.05, 4.69) is 15.2 Å². The molecule has 1 heterocycles. The van der Waals surface area contributed by atoms with Crippen LogP contribution in [0.2, 0.25) is 0 Å². The molecule has 22 heavy (non-hydrogen) atoms. The second kappa shape index (κ2) is 5.73. The SMILES string of the molecule is NC1(c2nc(-c3cccc(C=CC(=O)O)c3)n[nH]2)CCCC1. The fourth-order valence-electron chi connectivity index (χ4n) is 2.81. The molecule has 114 valence electrons. The van der Waals surface area contributed by atoms with E-state index in [9.17, 15) is 4.79 Å². The monoisotopic (exact) mass is 298 g/mol. The van der Waals surface area contributed by atoms with Crippen molar-refractivity contribution >= 4 is 12.0 Å². The number of carboxylic acid groups (broad SMARTS) is 1. The van der Waals surface area contributed by atoms with Crippen LogP contribution >= 0.6 is 0 Å². The van der Waals surface area contributed by atoms with Crippen molar-refractivity contribution in [3.8, 4) is 11.4 Å². The van der Waals surface area contributed by atoms with Crippen LogP contribution in [0, 0.1) is 0 Å². The van der Waals surface area contributed by atoms with Crippen LogP contribution in [-0.4, -0.2) is 26.3 Å². The maximum absolute atomic E-state index is 10.6. The number of hydrogen-bond donors (Lipinski definition) is 3. The summed E-state index contributed by atoms with van der Waals surface area (Å²) < 4.78 is 0. The number of rotatable bonds is 4. The first kappa shape index (κ1) is 14.5. The molecular formula is C16H18N4O2. The zero-order chi connectivity index (χ0) is 15.6. The number of aliphatic carboxylic acids is 1. The lowest BCUT2D eigenvalue weighted by molar-refractivity contribution is -0.131. The van der Waals surface area contributed by atoms with Crippen molar-refractivity contribution in [2.24, 2.45) is 5.73 Å². The average molecular weight is 298 g/mol. The molecule has 0 spiro atoms. The van der Waals surface area contributed by atoms with Crippen molar-refractivity contribution in [1.29, 1.82) is 0 Å². The molecule has 4 N–H and O–H groups in total. The first-order valence-corrected chi connectivity index (χ1v) is 7.30. The van der Waals surface area contributed by atoms with Crippen LogP contribution < -0.4 is 5.73 Å². The van der Waals surface area contributed by atoms with Crippen LogP contribution in [0.5, 0.6) is 0 Å². The molecule has 1 aromatic carbocycles. The first-order chi connectivity index (χ1) is 10.6. The number of carbonyl (C=O) groups is 1. The molecule has 1 saturated carbocycles. The Bertz CT molecular complexity index is 714. The van der Waals surface area contributed by atoms with E-state index in [4.69, 9.17) is 10.8 Å². The van der Waals surface area contributed by atoms with E-state index in [0.29, 0.717) is 5.82 Å². The van der Waals surface area contributed by atoms with Crippen LogP contribution in [0.4, 0.5) is 0 Å². The van der Waals surface area contributed by atoms with Gasteiger partial charge in [0.15, 0.2) is 5.82 Å². The number of benzene rings is 1. The number of carboxylic acids is 1. The molecule has 0 amide bonds. The average Bonchev–Trinajstić information content (AvgIpc) is 3.15. The van der Waals surface area contributed by atoms with Gasteiger partial charge in [-0.1, -0.05) is 31.0 Å². The number of nitrogens with two attached hydrogens (primary N) is 1. The van der Waals surface area contributed by atoms with E-state index in [-0.39, 0.29) is 0 Å². The molecule has 0 bridgehead atoms. The molecule has 1 aromatic heterocycles. The van der Waals surface area contributed by atoms with Gasteiger partial charge in [0.25, 0.3) is 0 Å². The maximum Gasteiger partial charge on any atom is 0.328 e. The molecule has 2 aromatic rings. The van der Waals surface area contributed by atoms with Crippen LogP contribution in [0.1, 0.15) is 37.1 Å². The summed E-state index contributed by atoms with van der Waals surface area (Å²) in [7, 11) is 0. The molecule has 6 heteroatoms. The molecule has 0 saturated heterocycles. The van der Waals surface area contributed by atoms with E-state index < -0.39 is 11.5 Å². The predicted octanol–water partition coefficient (Wildman–Crippen LogP) is 2.30. The summed E-state index contributed by atoms with van der Waals surface area (Å²) in [4.78, 5) is 15.1. The van der Waals surface area contributed by atoms with E-state index in [1.807, 2.05) is 24.3 Å². The normalized spacial score (nSPS) is 17.1. The van der Waals surface area contributed by atoms with Crippen molar-refractivity contribution in [3.63, 3.8) is 0 Å². The van der Waals surface area contributed by atoms with Gasteiger partial charge >= 0.3 is 5.97 Å². The Hall–Kier alpha value is -2.47. The fraction of sp³-hybridized carbons (Fsp3) is 0.312. The highest BCUT2D eigenvalue weighted by Crippen LogP contribution is 2.34. The smallest absolute Gasteiger partial charge is 0.328 e. The van der Waals surface area contributed by atoms with Gasteiger partial charge in [0.1, 0.15) is 5.82 Å². The van der Waals surface area contributed by atoms with Gasteiger partial charge in [0.05, 0.1) is 5.54 Å². The molecule has 0 aliphatic heterocycles. The van der Waals surface area contributed by atoms with Gasteiger partial charge in [-0.05, 0) is 30.5 Å². The minimum atomic E-state index is -0.975. The van der Waals surface area contributed by atoms with E-state index in [1.54, 1.807) is 6.08 Å². The summed E-state index contributed by atoms with van der Waals surface area (Å²) in [5.41, 5.74) is 7.59. The Labute approximate surface area is 128 Å². The maximum atomic E-state index is 10.6. The van der Waals surface area contributed by atoms with Crippen LogP contribution in [0.25, 0.3) is 17.5 Å². The number of hydrogen-bond acceptors (Lipinski definition) is 4. The van der Waals surface area contributed by atoms with Gasteiger partial charge in [0, 0.05) is 11.6 Å². The summed E-state index contributed by atoms with van der Waals surface area (Å²) in [6, 6.07) is 7.42. The summed E-state index contributed by atoms with van der Waals surface area (Å²) in [6.45, 7) is 0. The Morgan fingerprint density at radius 3 is 2.86 bits per heavy atom. The predicted molar refractivity (Wildman–Crippen MR) is 82.8 cm³/mol.